The number of nitrogens with one attached hydrogen (secondary N) is 1. The van der Waals surface area contributed by atoms with Crippen molar-refractivity contribution < 1.29 is 0 Å². The molecule has 0 unspecified atom stereocenters. The van der Waals surface area contributed by atoms with Crippen molar-refractivity contribution in [3.63, 3.8) is 0 Å². The van der Waals surface area contributed by atoms with Crippen molar-refractivity contribution in [3.05, 3.63) is 56.7 Å². The molecule has 0 aliphatic rings. The summed E-state index contributed by atoms with van der Waals surface area (Å²) in [4.78, 5) is 28.1. The van der Waals surface area contributed by atoms with Crippen LogP contribution in [-0.2, 0) is 7.05 Å². The van der Waals surface area contributed by atoms with E-state index in [9.17, 15) is 9.59 Å². The number of hydrogen-bond donors (Lipinski definition) is 1. The van der Waals surface area contributed by atoms with Crippen molar-refractivity contribution >= 4 is 17.7 Å². The zero-order valence-electron chi connectivity index (χ0n) is 13.8. The third-order valence-corrected chi connectivity index (χ3v) is 3.46. The molecule has 0 aliphatic heterocycles. The fourth-order valence-electron chi connectivity index (χ4n) is 1.99. The first-order chi connectivity index (χ1) is 10.9. The highest BCUT2D eigenvalue weighted by Crippen LogP contribution is 2.11. The molecule has 0 radical (unpaired) electrons. The van der Waals surface area contributed by atoms with Crippen molar-refractivity contribution in [2.75, 3.05) is 30.5 Å². The molecular weight excluding hydrogens is 294 g/mol. The second kappa shape index (κ2) is 6.95. The predicted octanol–water partition coefficient (Wildman–Crippen LogP) is 1.000. The van der Waals surface area contributed by atoms with Crippen LogP contribution in [0.4, 0.5) is 11.5 Å². The Balaban J connectivity index is 2.25. The summed E-state index contributed by atoms with van der Waals surface area (Å²) in [5, 5.41) is 5.92. The second-order valence-electron chi connectivity index (χ2n) is 5.30. The predicted molar refractivity (Wildman–Crippen MR) is 93.7 cm³/mol. The fraction of sp³-hybridized carbons (Fsp3) is 0.312. The highest BCUT2D eigenvalue weighted by Gasteiger charge is 2.06. The smallest absolute Gasteiger partial charge is 0.329 e. The summed E-state index contributed by atoms with van der Waals surface area (Å²) in [7, 11) is 5.39. The van der Waals surface area contributed by atoms with E-state index in [0.717, 1.165) is 15.8 Å². The van der Waals surface area contributed by atoms with Crippen LogP contribution in [0.5, 0.6) is 0 Å². The number of anilines is 2. The van der Waals surface area contributed by atoms with E-state index < -0.39 is 5.69 Å². The van der Waals surface area contributed by atoms with Gasteiger partial charge >= 0.3 is 5.69 Å². The Morgan fingerprint density at radius 2 is 1.87 bits per heavy atom. The Morgan fingerprint density at radius 3 is 2.39 bits per heavy atom. The zero-order chi connectivity index (χ0) is 17.0. The van der Waals surface area contributed by atoms with Gasteiger partial charge in [-0.1, -0.05) is 12.1 Å². The zero-order valence-corrected chi connectivity index (χ0v) is 13.8. The number of nitrogens with zero attached hydrogens (tertiary/aromatic N) is 4. The third-order valence-electron chi connectivity index (χ3n) is 3.46. The van der Waals surface area contributed by atoms with Gasteiger partial charge in [0.2, 0.25) is 0 Å². The van der Waals surface area contributed by atoms with Crippen LogP contribution in [0.3, 0.4) is 0 Å². The van der Waals surface area contributed by atoms with Crippen LogP contribution in [0.2, 0.25) is 0 Å². The quantitative estimate of drug-likeness (QED) is 0.660. The number of benzene rings is 1. The summed E-state index contributed by atoms with van der Waals surface area (Å²) < 4.78 is 1.01. The number of H-pyrrole nitrogens is 1. The van der Waals surface area contributed by atoms with E-state index in [1.54, 1.807) is 11.2 Å². The van der Waals surface area contributed by atoms with Gasteiger partial charge in [0, 0.05) is 39.4 Å². The van der Waals surface area contributed by atoms with Crippen LogP contribution < -0.4 is 21.2 Å². The van der Waals surface area contributed by atoms with Crippen LogP contribution in [0.15, 0.2) is 45.0 Å². The first kappa shape index (κ1) is 16.5. The van der Waals surface area contributed by atoms with Gasteiger partial charge in [0.25, 0.3) is 5.56 Å². The van der Waals surface area contributed by atoms with E-state index in [0.29, 0.717) is 12.4 Å². The molecule has 1 N–H and O–H groups in total. The van der Waals surface area contributed by atoms with Crippen LogP contribution in [0, 0.1) is 0 Å². The lowest BCUT2D eigenvalue weighted by molar-refractivity contribution is 0.756. The first-order valence-corrected chi connectivity index (χ1v) is 7.31. The van der Waals surface area contributed by atoms with Gasteiger partial charge in [-0.3, -0.25) is 14.3 Å². The van der Waals surface area contributed by atoms with Crippen molar-refractivity contribution in [2.45, 2.75) is 6.92 Å². The SMILES string of the molecule is CCN(/N=C/c1ccc(N(C)C)cc1)c1cc(=O)n(C)c(=O)[nH]1. The van der Waals surface area contributed by atoms with E-state index in [-0.39, 0.29) is 5.56 Å². The Morgan fingerprint density at radius 1 is 1.22 bits per heavy atom. The van der Waals surface area contributed by atoms with Crippen molar-refractivity contribution in [1.29, 1.82) is 0 Å². The molecule has 2 rings (SSSR count). The number of aromatic amines is 1. The molecule has 0 saturated heterocycles. The molecule has 1 aromatic heterocycles. The number of hydrogen-bond acceptors (Lipinski definition) is 5. The van der Waals surface area contributed by atoms with Gasteiger partial charge in [-0.2, -0.15) is 5.10 Å². The Bertz CT molecular complexity index is 771. The summed E-state index contributed by atoms with van der Waals surface area (Å²) in [5.41, 5.74) is 1.20. The molecule has 2 aromatic rings. The van der Waals surface area contributed by atoms with Gasteiger partial charge in [0.15, 0.2) is 0 Å². The topological polar surface area (TPSA) is 73.7 Å². The minimum absolute atomic E-state index is 0.368. The molecule has 0 amide bonds. The minimum Gasteiger partial charge on any atom is -0.378 e. The Labute approximate surface area is 134 Å². The fourth-order valence-corrected chi connectivity index (χ4v) is 1.99. The number of aromatic nitrogens is 2. The van der Waals surface area contributed by atoms with Crippen molar-refractivity contribution in [2.24, 2.45) is 12.1 Å². The molecule has 0 spiro atoms. The molecule has 1 heterocycles. The lowest BCUT2D eigenvalue weighted by Crippen LogP contribution is -2.34. The summed E-state index contributed by atoms with van der Waals surface area (Å²) in [6.45, 7) is 2.41. The largest absolute Gasteiger partial charge is 0.378 e. The highest BCUT2D eigenvalue weighted by molar-refractivity contribution is 5.81. The molecule has 23 heavy (non-hydrogen) atoms. The highest BCUT2D eigenvalue weighted by atomic mass is 16.2. The monoisotopic (exact) mass is 315 g/mol. The number of rotatable bonds is 5. The van der Waals surface area contributed by atoms with Gasteiger partial charge in [-0.15, -0.1) is 0 Å². The molecular formula is C16H21N5O2. The van der Waals surface area contributed by atoms with E-state index in [2.05, 4.69) is 10.1 Å². The van der Waals surface area contributed by atoms with Crippen LogP contribution in [0.25, 0.3) is 0 Å². The average Bonchev–Trinajstić information content (AvgIpc) is 2.53. The van der Waals surface area contributed by atoms with Gasteiger partial charge in [0.05, 0.1) is 6.21 Å². The number of hydrazone groups is 1. The van der Waals surface area contributed by atoms with E-state index in [1.807, 2.05) is 50.2 Å². The van der Waals surface area contributed by atoms with Crippen molar-refractivity contribution in [1.82, 2.24) is 9.55 Å². The molecule has 1 aromatic carbocycles. The van der Waals surface area contributed by atoms with E-state index in [4.69, 9.17) is 0 Å². The van der Waals surface area contributed by atoms with Crippen molar-refractivity contribution in [3.8, 4) is 0 Å². The molecule has 7 heteroatoms. The van der Waals surface area contributed by atoms with Crippen LogP contribution in [-0.4, -0.2) is 36.4 Å². The Hall–Kier alpha value is -2.83. The van der Waals surface area contributed by atoms with Crippen LogP contribution >= 0.6 is 0 Å². The van der Waals surface area contributed by atoms with Gasteiger partial charge in [-0.25, -0.2) is 9.80 Å². The van der Waals surface area contributed by atoms with E-state index in [1.165, 1.54) is 13.1 Å². The normalized spacial score (nSPS) is 11.0. The summed E-state index contributed by atoms with van der Waals surface area (Å²) >= 11 is 0. The molecule has 122 valence electrons. The van der Waals surface area contributed by atoms with Gasteiger partial charge < -0.3 is 4.90 Å². The molecule has 0 fully saturated rings. The lowest BCUT2D eigenvalue weighted by atomic mass is 10.2. The molecule has 0 saturated carbocycles. The maximum atomic E-state index is 11.7. The molecule has 7 nitrogen and oxygen atoms in total. The molecule has 0 aliphatic carbocycles. The Kier molecular flexibility index (Phi) is 5.00. The van der Waals surface area contributed by atoms with Gasteiger partial charge in [-0.05, 0) is 24.6 Å². The molecule has 0 bridgehead atoms. The van der Waals surface area contributed by atoms with Gasteiger partial charge in [0.1, 0.15) is 5.82 Å². The first-order valence-electron chi connectivity index (χ1n) is 7.31. The third kappa shape index (κ3) is 3.88. The average molecular weight is 315 g/mol. The summed E-state index contributed by atoms with van der Waals surface area (Å²) in [5.74, 6) is 0.377. The van der Waals surface area contributed by atoms with Crippen LogP contribution in [0.1, 0.15) is 12.5 Å². The maximum absolute atomic E-state index is 11.7. The maximum Gasteiger partial charge on any atom is 0.329 e. The summed E-state index contributed by atoms with van der Waals surface area (Å²) in [6, 6.07) is 9.27. The summed E-state index contributed by atoms with van der Waals surface area (Å²) in [6.07, 6.45) is 1.69. The van der Waals surface area contributed by atoms with E-state index >= 15 is 0 Å². The second-order valence-corrected chi connectivity index (χ2v) is 5.30. The lowest BCUT2D eigenvalue weighted by Gasteiger charge is -2.16. The molecule has 0 atom stereocenters. The standard InChI is InChI=1S/C16H21N5O2/c1-5-21(14-10-15(22)20(4)16(23)18-14)17-11-12-6-8-13(9-7-12)19(2)3/h6-11H,5H2,1-4H3,(H,18,23)/b17-11+. The minimum atomic E-state index is -0.462.